The summed E-state index contributed by atoms with van der Waals surface area (Å²) in [4.78, 5) is 21.5. The Morgan fingerprint density at radius 2 is 1.81 bits per heavy atom. The molecule has 4 rings (SSSR count). The molecule has 2 heterocycles. The third kappa shape index (κ3) is 4.51. The van der Waals surface area contributed by atoms with E-state index in [9.17, 15) is 18.0 Å². The Labute approximate surface area is 187 Å². The number of aromatic nitrogens is 1. The van der Waals surface area contributed by atoms with E-state index >= 15 is 0 Å². The minimum Gasteiger partial charge on any atom is -0.454 e. The van der Waals surface area contributed by atoms with Crippen molar-refractivity contribution in [1.29, 1.82) is 0 Å². The van der Waals surface area contributed by atoms with E-state index in [1.807, 2.05) is 13.8 Å². The minimum absolute atomic E-state index is 0.0345. The highest BCUT2D eigenvalue weighted by Gasteiger charge is 2.32. The number of nitrogens with zero attached hydrogens (tertiary/aromatic N) is 3. The van der Waals surface area contributed by atoms with Gasteiger partial charge in [0, 0.05) is 30.8 Å². The highest BCUT2D eigenvalue weighted by atomic mass is 32.1. The van der Waals surface area contributed by atoms with Crippen LogP contribution in [0.3, 0.4) is 0 Å². The number of amides is 1. The molecule has 10 heteroatoms. The fraction of sp³-hybridized carbons (Fsp3) is 0.364. The van der Waals surface area contributed by atoms with Crippen molar-refractivity contribution in [1.82, 2.24) is 9.88 Å². The minimum atomic E-state index is -4.53. The summed E-state index contributed by atoms with van der Waals surface area (Å²) < 4.78 is 51.2. The quantitative estimate of drug-likeness (QED) is 0.490. The Morgan fingerprint density at radius 3 is 2.50 bits per heavy atom. The van der Waals surface area contributed by atoms with Crippen LogP contribution in [0.4, 0.5) is 18.3 Å². The molecule has 0 aliphatic carbocycles. The van der Waals surface area contributed by atoms with Gasteiger partial charge in [-0.25, -0.2) is 4.98 Å². The number of fused-ring (bicyclic) bond motifs is 2. The fourth-order valence-electron chi connectivity index (χ4n) is 3.47. The average molecular weight is 465 g/mol. The van der Waals surface area contributed by atoms with Gasteiger partial charge in [-0.05, 0) is 31.3 Å². The van der Waals surface area contributed by atoms with Crippen LogP contribution in [0.2, 0.25) is 0 Å². The van der Waals surface area contributed by atoms with Gasteiger partial charge in [-0.2, -0.15) is 13.2 Å². The first-order chi connectivity index (χ1) is 15.3. The van der Waals surface area contributed by atoms with Crippen LogP contribution in [0.25, 0.3) is 10.2 Å². The number of likely N-dealkylation sites (N-methyl/N-ethyl adjacent to an activating group) is 1. The summed E-state index contributed by atoms with van der Waals surface area (Å²) in [6.45, 7) is 6.62. The van der Waals surface area contributed by atoms with Crippen molar-refractivity contribution in [3.8, 4) is 11.5 Å². The van der Waals surface area contributed by atoms with Crippen molar-refractivity contribution in [3.63, 3.8) is 0 Å². The Kier molecular flexibility index (Phi) is 6.25. The lowest BCUT2D eigenvalue weighted by atomic mass is 10.1. The molecule has 0 atom stereocenters. The van der Waals surface area contributed by atoms with Gasteiger partial charge >= 0.3 is 6.18 Å². The third-order valence-electron chi connectivity index (χ3n) is 5.32. The van der Waals surface area contributed by atoms with E-state index in [0.29, 0.717) is 35.2 Å². The summed E-state index contributed by atoms with van der Waals surface area (Å²) in [5.74, 6) is 0.655. The zero-order chi connectivity index (χ0) is 22.9. The number of alkyl halides is 3. The van der Waals surface area contributed by atoms with Gasteiger partial charge in [0.25, 0.3) is 5.91 Å². The predicted octanol–water partition coefficient (Wildman–Crippen LogP) is 5.03. The fourth-order valence-corrected chi connectivity index (χ4v) is 4.47. The van der Waals surface area contributed by atoms with Gasteiger partial charge < -0.3 is 14.4 Å². The molecule has 1 amide bonds. The predicted molar refractivity (Wildman–Crippen MR) is 117 cm³/mol. The van der Waals surface area contributed by atoms with Crippen molar-refractivity contribution in [2.75, 3.05) is 37.9 Å². The highest BCUT2D eigenvalue weighted by Crippen LogP contribution is 2.40. The molecule has 0 radical (unpaired) electrons. The van der Waals surface area contributed by atoms with E-state index in [2.05, 4.69) is 9.88 Å². The van der Waals surface area contributed by atoms with Crippen LogP contribution in [-0.4, -0.2) is 48.8 Å². The number of rotatable bonds is 7. The maximum absolute atomic E-state index is 13.3. The highest BCUT2D eigenvalue weighted by molar-refractivity contribution is 7.22. The van der Waals surface area contributed by atoms with Crippen LogP contribution in [0, 0.1) is 0 Å². The zero-order valence-corrected chi connectivity index (χ0v) is 18.4. The molecule has 0 saturated heterocycles. The number of hydrogen-bond donors (Lipinski definition) is 0. The standard InChI is InChI=1S/C22H22F3N3O3S/c1-3-27(4-2)8-9-28(20(29)14-6-5-7-15(10-14)22(23,24)25)21-26-16-11-17-18(31-13-30-17)12-19(16)32-21/h5-7,10-12H,3-4,8-9,13H2,1-2H3. The number of hydrogen-bond acceptors (Lipinski definition) is 6. The van der Waals surface area contributed by atoms with Crippen LogP contribution in [0.15, 0.2) is 36.4 Å². The summed E-state index contributed by atoms with van der Waals surface area (Å²) >= 11 is 1.29. The molecular weight excluding hydrogens is 443 g/mol. The maximum atomic E-state index is 13.3. The van der Waals surface area contributed by atoms with E-state index in [-0.39, 0.29) is 12.4 Å². The van der Waals surface area contributed by atoms with Crippen molar-refractivity contribution in [2.24, 2.45) is 0 Å². The van der Waals surface area contributed by atoms with Crippen LogP contribution in [-0.2, 0) is 6.18 Å². The SMILES string of the molecule is CCN(CC)CCN(C(=O)c1cccc(C(F)(F)F)c1)c1nc2cc3c(cc2s1)OCO3. The van der Waals surface area contributed by atoms with Gasteiger partial charge in [-0.1, -0.05) is 31.3 Å². The Balaban J connectivity index is 1.70. The molecule has 0 spiro atoms. The zero-order valence-electron chi connectivity index (χ0n) is 17.6. The van der Waals surface area contributed by atoms with Crippen LogP contribution >= 0.6 is 11.3 Å². The molecule has 3 aromatic rings. The van der Waals surface area contributed by atoms with Crippen molar-refractivity contribution in [2.45, 2.75) is 20.0 Å². The number of thiazole rings is 1. The topological polar surface area (TPSA) is 54.9 Å². The first-order valence-electron chi connectivity index (χ1n) is 10.2. The van der Waals surface area contributed by atoms with E-state index in [1.54, 1.807) is 12.1 Å². The summed E-state index contributed by atoms with van der Waals surface area (Å²) in [5, 5.41) is 0.415. The lowest BCUT2D eigenvalue weighted by Gasteiger charge is -2.25. The van der Waals surface area contributed by atoms with Crippen molar-refractivity contribution in [3.05, 3.63) is 47.5 Å². The molecule has 0 bridgehead atoms. The molecule has 0 N–H and O–H groups in total. The third-order valence-corrected chi connectivity index (χ3v) is 6.36. The first kappa shape index (κ1) is 22.3. The average Bonchev–Trinajstić information content (AvgIpc) is 3.40. The lowest BCUT2D eigenvalue weighted by Crippen LogP contribution is -2.39. The number of benzene rings is 2. The Bertz CT molecular complexity index is 1090. The van der Waals surface area contributed by atoms with E-state index in [1.165, 1.54) is 28.4 Å². The molecule has 0 unspecified atom stereocenters. The van der Waals surface area contributed by atoms with Gasteiger partial charge in [-0.15, -0.1) is 0 Å². The largest absolute Gasteiger partial charge is 0.454 e. The van der Waals surface area contributed by atoms with Gasteiger partial charge in [0.05, 0.1) is 15.8 Å². The second-order valence-corrected chi connectivity index (χ2v) is 8.24. The Morgan fingerprint density at radius 1 is 1.09 bits per heavy atom. The van der Waals surface area contributed by atoms with Crippen molar-refractivity contribution >= 4 is 32.6 Å². The smallest absolute Gasteiger partial charge is 0.416 e. The van der Waals surface area contributed by atoms with Gasteiger partial charge in [-0.3, -0.25) is 9.69 Å². The molecule has 170 valence electrons. The van der Waals surface area contributed by atoms with E-state index in [0.717, 1.165) is 29.9 Å². The van der Waals surface area contributed by atoms with Gasteiger partial charge in [0.15, 0.2) is 16.6 Å². The van der Waals surface area contributed by atoms with Gasteiger partial charge in [0.1, 0.15) is 0 Å². The molecule has 1 aliphatic rings. The molecule has 32 heavy (non-hydrogen) atoms. The summed E-state index contributed by atoms with van der Waals surface area (Å²) in [6.07, 6.45) is -4.53. The molecule has 6 nitrogen and oxygen atoms in total. The summed E-state index contributed by atoms with van der Waals surface area (Å²) in [5.41, 5.74) is -0.256. The molecule has 1 aliphatic heterocycles. The van der Waals surface area contributed by atoms with E-state index < -0.39 is 17.6 Å². The first-order valence-corrected chi connectivity index (χ1v) is 11.0. The second kappa shape index (κ2) is 8.95. The van der Waals surface area contributed by atoms with E-state index in [4.69, 9.17) is 9.47 Å². The number of anilines is 1. The summed E-state index contributed by atoms with van der Waals surface area (Å²) in [6, 6.07) is 8.03. The molecule has 1 aromatic heterocycles. The number of ether oxygens (including phenoxy) is 2. The monoisotopic (exact) mass is 465 g/mol. The summed E-state index contributed by atoms with van der Waals surface area (Å²) in [7, 11) is 0. The molecular formula is C22H22F3N3O3S. The van der Waals surface area contributed by atoms with Crippen LogP contribution in [0.1, 0.15) is 29.8 Å². The maximum Gasteiger partial charge on any atom is 0.416 e. The number of carbonyl (C=O) groups excluding carboxylic acids is 1. The van der Waals surface area contributed by atoms with Crippen molar-refractivity contribution < 1.29 is 27.4 Å². The van der Waals surface area contributed by atoms with Crippen LogP contribution < -0.4 is 14.4 Å². The number of carbonyl (C=O) groups is 1. The molecule has 2 aromatic carbocycles. The second-order valence-electron chi connectivity index (χ2n) is 7.23. The molecule has 0 fully saturated rings. The normalized spacial score (nSPS) is 13.2. The lowest BCUT2D eigenvalue weighted by molar-refractivity contribution is -0.137. The van der Waals surface area contributed by atoms with Crippen LogP contribution in [0.5, 0.6) is 11.5 Å². The Hall–Kier alpha value is -2.85. The number of halogens is 3. The molecule has 0 saturated carbocycles. The van der Waals surface area contributed by atoms with Gasteiger partial charge in [0.2, 0.25) is 6.79 Å².